The van der Waals surface area contributed by atoms with E-state index in [-0.39, 0.29) is 95.4 Å². The predicted octanol–water partition coefficient (Wildman–Crippen LogP) is 2.93. The molecule has 4 aromatic rings. The number of hydrogen-bond acceptors (Lipinski definition) is 8. The first kappa shape index (κ1) is 44.1. The SMILES string of the molecule is N[C@@H]1CN(c2c(F)cc3c(=O)c(C(=O)O)cn([C@H]4C[C@H]4F)c3c2Cl)CC12CC2.N[C@@H]1CN(c2c(F)cc3c(=O)c(C(=O)O)cn([C@H]4C[C@H]4F)c3c2Cl)CC12CC2.O.O.O. The Kier molecular flexibility index (Phi) is 11.1. The van der Waals surface area contributed by atoms with Gasteiger partial charge in [-0.3, -0.25) is 9.59 Å². The molecule has 0 radical (unpaired) electrons. The van der Waals surface area contributed by atoms with Crippen molar-refractivity contribution in [2.75, 3.05) is 36.0 Å². The highest BCUT2D eigenvalue weighted by atomic mass is 35.5. The molecule has 59 heavy (non-hydrogen) atoms. The van der Waals surface area contributed by atoms with Gasteiger partial charge >= 0.3 is 11.9 Å². The summed E-state index contributed by atoms with van der Waals surface area (Å²) in [6.45, 7) is 2.02. The smallest absolute Gasteiger partial charge is 0.341 e. The van der Waals surface area contributed by atoms with E-state index in [1.807, 2.05) is 0 Å². The van der Waals surface area contributed by atoms with Crippen LogP contribution < -0.4 is 32.1 Å². The van der Waals surface area contributed by atoms with Gasteiger partial charge in [-0.1, -0.05) is 23.2 Å². The van der Waals surface area contributed by atoms with Crippen molar-refractivity contribution in [1.29, 1.82) is 0 Å². The largest absolute Gasteiger partial charge is 0.477 e. The number of aromatic nitrogens is 2. The Balaban J connectivity index is 0.000000189. The maximum absolute atomic E-state index is 15.0. The van der Waals surface area contributed by atoms with Crippen LogP contribution in [0.3, 0.4) is 0 Å². The van der Waals surface area contributed by atoms with Crippen LogP contribution in [0.1, 0.15) is 71.3 Å². The number of carboxylic acid groups (broad SMARTS) is 2. The molecule has 21 heteroatoms. The van der Waals surface area contributed by atoms with Crippen molar-refractivity contribution in [3.63, 3.8) is 0 Å². The number of nitrogens with two attached hydrogens (primary N) is 2. The van der Waals surface area contributed by atoms with Gasteiger partial charge in [0.25, 0.3) is 0 Å². The van der Waals surface area contributed by atoms with Crippen molar-refractivity contribution >= 4 is 68.3 Å². The third-order valence-corrected chi connectivity index (χ3v) is 13.5. The molecule has 2 spiro atoms. The van der Waals surface area contributed by atoms with Crippen molar-refractivity contribution in [2.45, 2.75) is 75.0 Å². The molecule has 2 aromatic heterocycles. The van der Waals surface area contributed by atoms with Gasteiger partial charge in [0.2, 0.25) is 10.9 Å². The lowest BCUT2D eigenvalue weighted by Gasteiger charge is -2.23. The van der Waals surface area contributed by atoms with E-state index in [4.69, 9.17) is 34.7 Å². The molecule has 4 saturated carbocycles. The Morgan fingerprint density at radius 3 is 1.25 bits per heavy atom. The molecule has 0 bridgehead atoms. The molecule has 4 heterocycles. The molecule has 0 unspecified atom stereocenters. The van der Waals surface area contributed by atoms with Crippen molar-refractivity contribution in [1.82, 2.24) is 9.13 Å². The van der Waals surface area contributed by atoms with E-state index in [0.717, 1.165) is 50.2 Å². The second kappa shape index (κ2) is 14.9. The molecule has 12 N–H and O–H groups in total. The maximum atomic E-state index is 15.0. The number of aromatic carboxylic acids is 2. The molecule has 6 fully saturated rings. The van der Waals surface area contributed by atoms with Crippen LogP contribution in [0.15, 0.2) is 34.1 Å². The van der Waals surface area contributed by atoms with Gasteiger partial charge in [0, 0.05) is 74.3 Å². The first-order valence-corrected chi connectivity index (χ1v) is 19.1. The normalized spacial score (nSPS) is 26.2. The zero-order valence-electron chi connectivity index (χ0n) is 31.1. The Labute approximate surface area is 341 Å². The van der Waals surface area contributed by atoms with Crippen LogP contribution in [-0.2, 0) is 0 Å². The van der Waals surface area contributed by atoms with Gasteiger partial charge < -0.3 is 57.0 Å². The highest BCUT2D eigenvalue weighted by Gasteiger charge is 2.55. The number of alkyl halides is 2. The summed E-state index contributed by atoms with van der Waals surface area (Å²) in [4.78, 5) is 51.7. The Hall–Kier alpha value is -4.50. The number of nitrogens with zero attached hydrogens (tertiary/aromatic N) is 4. The van der Waals surface area contributed by atoms with Gasteiger partial charge in [0.15, 0.2) is 0 Å². The Morgan fingerprint density at radius 2 is 1.00 bits per heavy atom. The van der Waals surface area contributed by atoms with E-state index in [1.165, 1.54) is 9.13 Å². The minimum atomic E-state index is -1.45. The summed E-state index contributed by atoms with van der Waals surface area (Å²) < 4.78 is 60.4. The Bertz CT molecular complexity index is 2380. The number of pyridine rings is 2. The topological polar surface area (TPSA) is 272 Å². The fourth-order valence-electron chi connectivity index (χ4n) is 8.86. The molecule has 2 saturated heterocycles. The summed E-state index contributed by atoms with van der Waals surface area (Å²) in [5.74, 6) is -4.31. The maximum Gasteiger partial charge on any atom is 0.341 e. The number of fused-ring (bicyclic) bond motifs is 2. The predicted molar refractivity (Wildman–Crippen MR) is 212 cm³/mol. The molecule has 6 aliphatic rings. The lowest BCUT2D eigenvalue weighted by atomic mass is 10.0. The van der Waals surface area contributed by atoms with Crippen LogP contribution in [0, 0.1) is 22.5 Å². The quantitative estimate of drug-likeness (QED) is 0.206. The van der Waals surface area contributed by atoms with Gasteiger partial charge in [-0.15, -0.1) is 0 Å². The van der Waals surface area contributed by atoms with Gasteiger partial charge in [-0.05, 0) is 37.8 Å². The first-order chi connectivity index (χ1) is 26.5. The summed E-state index contributed by atoms with van der Waals surface area (Å²) in [7, 11) is 0. The number of carbonyl (C=O) groups is 2. The molecule has 4 aliphatic carbocycles. The highest BCUT2D eigenvalue weighted by molar-refractivity contribution is 6.38. The van der Waals surface area contributed by atoms with E-state index in [9.17, 15) is 38.2 Å². The first-order valence-electron chi connectivity index (χ1n) is 18.4. The number of rotatable bonds is 6. The average molecular weight is 874 g/mol. The van der Waals surface area contributed by atoms with Crippen LogP contribution in [-0.4, -0.2) is 98.3 Å². The van der Waals surface area contributed by atoms with Crippen LogP contribution in [0.4, 0.5) is 28.9 Å². The van der Waals surface area contributed by atoms with Gasteiger partial charge in [-0.2, -0.15) is 0 Å². The molecular weight excluding hydrogens is 831 g/mol. The number of benzene rings is 2. The van der Waals surface area contributed by atoms with Crippen LogP contribution in [0.25, 0.3) is 21.8 Å². The molecule has 6 atom stereocenters. The molecule has 15 nitrogen and oxygen atoms in total. The summed E-state index contributed by atoms with van der Waals surface area (Å²) in [5, 5.41) is 18.3. The summed E-state index contributed by atoms with van der Waals surface area (Å²) in [6.07, 6.45) is 4.22. The van der Waals surface area contributed by atoms with Crippen LogP contribution >= 0.6 is 23.2 Å². The van der Waals surface area contributed by atoms with Gasteiger partial charge in [-0.25, -0.2) is 27.2 Å². The summed E-state index contributed by atoms with van der Waals surface area (Å²) in [5.41, 5.74) is 10.3. The van der Waals surface area contributed by atoms with E-state index in [0.29, 0.717) is 26.2 Å². The fourth-order valence-corrected chi connectivity index (χ4v) is 9.67. The molecule has 10 rings (SSSR count). The van der Waals surface area contributed by atoms with Crippen molar-refractivity contribution < 1.29 is 53.8 Å². The van der Waals surface area contributed by atoms with Crippen molar-refractivity contribution in [3.05, 3.63) is 77.8 Å². The third-order valence-electron chi connectivity index (χ3n) is 12.7. The van der Waals surface area contributed by atoms with Crippen LogP contribution in [0.5, 0.6) is 0 Å². The molecular formula is C38H42Cl2F4N6O9. The van der Waals surface area contributed by atoms with Crippen molar-refractivity contribution in [2.24, 2.45) is 22.3 Å². The zero-order chi connectivity index (χ0) is 39.9. The molecule has 2 aliphatic heterocycles. The second-order valence-electron chi connectivity index (χ2n) is 16.3. The number of halogens is 6. The van der Waals surface area contributed by atoms with Gasteiger partial charge in [0.05, 0.1) is 55.3 Å². The average Bonchev–Trinajstić information content (AvgIpc) is 3.98. The monoisotopic (exact) mass is 872 g/mol. The molecule has 320 valence electrons. The molecule has 2 aromatic carbocycles. The summed E-state index contributed by atoms with van der Waals surface area (Å²) >= 11 is 13.1. The van der Waals surface area contributed by atoms with E-state index in [1.54, 1.807) is 9.80 Å². The molecule has 0 amide bonds. The zero-order valence-corrected chi connectivity index (χ0v) is 32.6. The fraction of sp³-hybridized carbons (Fsp3) is 0.474. The van der Waals surface area contributed by atoms with E-state index in [2.05, 4.69) is 0 Å². The lowest BCUT2D eigenvalue weighted by Crippen LogP contribution is -2.30. The number of hydrogen-bond donors (Lipinski definition) is 4. The number of anilines is 2. The summed E-state index contributed by atoms with van der Waals surface area (Å²) in [6, 6.07) is 0.616. The van der Waals surface area contributed by atoms with E-state index >= 15 is 8.78 Å². The minimum Gasteiger partial charge on any atom is -0.477 e. The number of carboxylic acids is 2. The minimum absolute atomic E-state index is 0. The second-order valence-corrected chi connectivity index (χ2v) is 17.1. The van der Waals surface area contributed by atoms with Crippen LogP contribution in [0.2, 0.25) is 10.0 Å². The van der Waals surface area contributed by atoms with E-state index < -0.39 is 70.0 Å². The lowest BCUT2D eigenvalue weighted by molar-refractivity contribution is 0.0684. The Morgan fingerprint density at radius 1 is 0.678 bits per heavy atom. The van der Waals surface area contributed by atoms with Gasteiger partial charge in [0.1, 0.15) is 35.1 Å². The van der Waals surface area contributed by atoms with Crippen molar-refractivity contribution in [3.8, 4) is 0 Å². The standard InChI is InChI=1S/2C19H18ClF2N3O3.3H2O/c2*20-14-15-8(17(26)9(18(27)28)5-25(15)12-4-10(12)21)3-11(22)16(14)24-6-13(23)19(7-24)1-2-19;;;/h2*3,5,10,12-13H,1-2,4,6-7,23H2,(H,27,28);3*1H2/t2*10-,12+,13-;;;/m11.../s1. The third kappa shape index (κ3) is 6.89. The highest BCUT2D eigenvalue weighted by Crippen LogP contribution is 2.55.